The van der Waals surface area contributed by atoms with Crippen molar-refractivity contribution < 1.29 is 15.0 Å². The minimum atomic E-state index is -0.833. The molecule has 6 aromatic rings. The summed E-state index contributed by atoms with van der Waals surface area (Å²) in [7, 11) is 1.93. The number of aromatic nitrogens is 6. The lowest BCUT2D eigenvalue weighted by atomic mass is 10.1. The molecule has 6 rings (SSSR count). The van der Waals surface area contributed by atoms with Gasteiger partial charge in [-0.2, -0.15) is 0 Å². The average Bonchev–Trinajstić information content (AvgIpc) is 3.59. The molecule has 0 fully saturated rings. The van der Waals surface area contributed by atoms with E-state index < -0.39 is 5.97 Å². The molecule has 262 valence electrons. The number of hydrogen-bond donors (Lipinski definition) is 4. The zero-order valence-electron chi connectivity index (χ0n) is 29.5. The van der Waals surface area contributed by atoms with Gasteiger partial charge in [-0.05, 0) is 30.4 Å². The molecule has 4 heterocycles. The highest BCUT2D eigenvalue weighted by molar-refractivity contribution is 7.99. The van der Waals surface area contributed by atoms with E-state index in [2.05, 4.69) is 65.9 Å². The van der Waals surface area contributed by atoms with Crippen molar-refractivity contribution in [2.75, 3.05) is 42.3 Å². The van der Waals surface area contributed by atoms with Crippen molar-refractivity contribution in [2.24, 2.45) is 11.8 Å². The summed E-state index contributed by atoms with van der Waals surface area (Å²) in [6.07, 6.45) is 1.13. The molecule has 0 spiro atoms. The summed E-state index contributed by atoms with van der Waals surface area (Å²) < 4.78 is 4.51. The molecule has 0 aliphatic heterocycles. The van der Waals surface area contributed by atoms with Crippen LogP contribution in [0.1, 0.15) is 48.0 Å². The van der Waals surface area contributed by atoms with Gasteiger partial charge in [0.15, 0.2) is 16.8 Å². The average molecular weight is 688 g/mol. The van der Waals surface area contributed by atoms with Gasteiger partial charge in [0.2, 0.25) is 5.95 Å². The molecule has 0 radical (unpaired) electrons. The molecule has 12 nitrogen and oxygen atoms in total. The summed E-state index contributed by atoms with van der Waals surface area (Å²) in [5.74, 6) is 3.02. The molecule has 0 aliphatic rings. The quantitative estimate of drug-likeness (QED) is 0.113. The highest BCUT2D eigenvalue weighted by Crippen LogP contribution is 2.34. The zero-order valence-corrected chi connectivity index (χ0v) is 30.3. The van der Waals surface area contributed by atoms with Crippen molar-refractivity contribution in [3.8, 4) is 0 Å². The van der Waals surface area contributed by atoms with Gasteiger partial charge in [-0.1, -0.05) is 82.8 Å². The Morgan fingerprint density at radius 2 is 1.31 bits per heavy atom. The molecule has 4 aromatic heterocycles. The Hall–Kier alpha value is -4.62. The molecule has 2 aromatic carbocycles. The van der Waals surface area contributed by atoms with E-state index >= 15 is 0 Å². The van der Waals surface area contributed by atoms with Gasteiger partial charge >= 0.3 is 0 Å². The third-order valence-corrected chi connectivity index (χ3v) is 8.66. The third kappa shape index (κ3) is 8.70. The minimum absolute atomic E-state index is 0.0792. The number of nitrogen functional groups attached to an aromatic ring is 2. The first-order valence-corrected chi connectivity index (χ1v) is 17.6. The summed E-state index contributed by atoms with van der Waals surface area (Å²) >= 11 is 1.80. The number of rotatable bonds is 10. The molecule has 0 aliphatic carbocycles. The Morgan fingerprint density at radius 1 is 0.837 bits per heavy atom. The fourth-order valence-electron chi connectivity index (χ4n) is 5.60. The van der Waals surface area contributed by atoms with E-state index in [9.17, 15) is 5.11 Å². The second-order valence-electron chi connectivity index (χ2n) is 12.8. The van der Waals surface area contributed by atoms with Crippen LogP contribution in [0.3, 0.4) is 0 Å². The summed E-state index contributed by atoms with van der Waals surface area (Å²) in [4.78, 5) is 29.5. The molecule has 0 unspecified atom stereocenters. The van der Waals surface area contributed by atoms with Crippen LogP contribution in [0.15, 0.2) is 53.7 Å². The lowest BCUT2D eigenvalue weighted by Crippen LogP contribution is -2.25. The van der Waals surface area contributed by atoms with Gasteiger partial charge in [-0.15, -0.1) is 0 Å². The molecular formula is C36H49N9O3S. The number of carboxylic acid groups (broad SMARTS) is 1. The number of imidazole rings is 2. The number of carboxylic acids is 1. The predicted molar refractivity (Wildman–Crippen MR) is 203 cm³/mol. The van der Waals surface area contributed by atoms with Gasteiger partial charge in [-0.25, -0.2) is 19.9 Å². The van der Waals surface area contributed by atoms with Gasteiger partial charge in [-0.3, -0.25) is 4.79 Å². The van der Waals surface area contributed by atoms with Gasteiger partial charge in [0, 0.05) is 50.1 Å². The number of aliphatic hydroxyl groups excluding tert-OH is 1. The van der Waals surface area contributed by atoms with Crippen LogP contribution in [0.4, 0.5) is 17.6 Å². The minimum Gasteiger partial charge on any atom is -0.481 e. The van der Waals surface area contributed by atoms with Crippen LogP contribution in [-0.4, -0.2) is 71.2 Å². The number of nitrogens with two attached hydrogens (primary N) is 2. The molecule has 0 saturated carbocycles. The SMILES string of the molecule is CC(=O)O.CC(C)Cn1c(N(C)CCO)nc2c(N)nc3ccccc3c21.CCCSc1nc2c(N)nc3ccccc3c2n1CC(C)C. The number of para-hydroxylation sites is 2. The van der Waals surface area contributed by atoms with Crippen LogP contribution in [0.2, 0.25) is 0 Å². The van der Waals surface area contributed by atoms with Crippen LogP contribution < -0.4 is 16.4 Å². The fourth-order valence-corrected chi connectivity index (χ4v) is 6.47. The Bertz CT molecular complexity index is 2030. The lowest BCUT2D eigenvalue weighted by Gasteiger charge is -2.20. The van der Waals surface area contributed by atoms with Gasteiger partial charge in [0.1, 0.15) is 11.0 Å². The first-order valence-electron chi connectivity index (χ1n) is 16.6. The monoisotopic (exact) mass is 687 g/mol. The maximum Gasteiger partial charge on any atom is 0.300 e. The van der Waals surface area contributed by atoms with E-state index in [1.165, 1.54) is 0 Å². The smallest absolute Gasteiger partial charge is 0.300 e. The van der Waals surface area contributed by atoms with Crippen LogP contribution in [-0.2, 0) is 17.9 Å². The molecule has 0 atom stereocenters. The fraction of sp³-hybridized carbons (Fsp3) is 0.417. The van der Waals surface area contributed by atoms with Crippen molar-refractivity contribution >= 4 is 79.2 Å². The third-order valence-electron chi connectivity index (χ3n) is 7.47. The standard InChI is InChI=1S/C17H23N5O.C17H22N4S.C2H4O2/c1-11(2)10-22-15-12-6-4-5-7-13(12)19-16(18)14(15)20-17(22)21(3)8-9-23;1-4-9-22-17-20-14-15(21(17)10-11(2)3)12-7-5-6-8-13(12)19-16(14)18;1-2(3)4/h4-7,11,23H,8-10H2,1-3H3,(H2,18,19);5-8,11H,4,9-10H2,1-3H3,(H2,18,19);1H3,(H,3,4). The maximum atomic E-state index is 9.26. The second-order valence-corrected chi connectivity index (χ2v) is 13.8. The zero-order chi connectivity index (χ0) is 35.8. The summed E-state index contributed by atoms with van der Waals surface area (Å²) in [5, 5.41) is 19.9. The van der Waals surface area contributed by atoms with Gasteiger partial charge < -0.3 is 35.7 Å². The van der Waals surface area contributed by atoms with E-state index in [0.717, 1.165) is 87.2 Å². The highest BCUT2D eigenvalue weighted by Gasteiger charge is 2.20. The Balaban J connectivity index is 0.000000199. The van der Waals surface area contributed by atoms with Crippen LogP contribution in [0, 0.1) is 11.8 Å². The van der Waals surface area contributed by atoms with Crippen molar-refractivity contribution in [3.05, 3.63) is 48.5 Å². The largest absolute Gasteiger partial charge is 0.481 e. The Morgan fingerprint density at radius 3 is 1.80 bits per heavy atom. The van der Waals surface area contributed by atoms with E-state index in [1.807, 2.05) is 48.3 Å². The number of fused-ring (bicyclic) bond motifs is 6. The van der Waals surface area contributed by atoms with Crippen molar-refractivity contribution in [1.82, 2.24) is 29.1 Å². The molecule has 13 heteroatoms. The number of likely N-dealkylation sites (N-methyl/N-ethyl adjacent to an activating group) is 1. The topological polar surface area (TPSA) is 174 Å². The first kappa shape index (κ1) is 37.2. The Labute approximate surface area is 291 Å². The number of benzene rings is 2. The van der Waals surface area contributed by atoms with Crippen LogP contribution in [0.25, 0.3) is 43.9 Å². The summed E-state index contributed by atoms with van der Waals surface area (Å²) in [6.45, 7) is 14.4. The Kier molecular flexibility index (Phi) is 12.7. The van der Waals surface area contributed by atoms with E-state index in [-0.39, 0.29) is 6.61 Å². The lowest BCUT2D eigenvalue weighted by molar-refractivity contribution is -0.134. The summed E-state index contributed by atoms with van der Waals surface area (Å²) in [5.41, 5.74) is 17.8. The number of aliphatic carboxylic acids is 1. The summed E-state index contributed by atoms with van der Waals surface area (Å²) in [6, 6.07) is 16.1. The van der Waals surface area contributed by atoms with E-state index in [0.29, 0.717) is 30.0 Å². The number of pyridine rings is 2. The number of nitrogens with zero attached hydrogens (tertiary/aromatic N) is 7. The van der Waals surface area contributed by atoms with Crippen molar-refractivity contribution in [3.63, 3.8) is 0 Å². The number of carbonyl (C=O) groups is 1. The predicted octanol–water partition coefficient (Wildman–Crippen LogP) is 6.67. The number of thioether (sulfide) groups is 1. The first-order chi connectivity index (χ1) is 23.4. The molecule has 0 bridgehead atoms. The number of aliphatic hydroxyl groups is 1. The highest BCUT2D eigenvalue weighted by atomic mass is 32.2. The van der Waals surface area contributed by atoms with E-state index in [1.54, 1.807) is 11.8 Å². The van der Waals surface area contributed by atoms with Crippen molar-refractivity contribution in [1.29, 1.82) is 0 Å². The molecule has 6 N–H and O–H groups in total. The van der Waals surface area contributed by atoms with Crippen LogP contribution >= 0.6 is 11.8 Å². The molecular weight excluding hydrogens is 639 g/mol. The number of hydrogen-bond acceptors (Lipinski definition) is 10. The van der Waals surface area contributed by atoms with Gasteiger partial charge in [0.25, 0.3) is 5.97 Å². The van der Waals surface area contributed by atoms with Crippen LogP contribution in [0.5, 0.6) is 0 Å². The molecule has 0 saturated heterocycles. The molecule has 49 heavy (non-hydrogen) atoms. The van der Waals surface area contributed by atoms with E-state index in [4.69, 9.17) is 31.3 Å². The normalized spacial score (nSPS) is 11.3. The second kappa shape index (κ2) is 16.7. The molecule has 0 amide bonds. The number of anilines is 3. The van der Waals surface area contributed by atoms with Gasteiger partial charge in [0.05, 0.1) is 28.7 Å². The van der Waals surface area contributed by atoms with Crippen molar-refractivity contribution in [2.45, 2.75) is 66.2 Å². The maximum absolute atomic E-state index is 9.26.